The van der Waals surface area contributed by atoms with Crippen LogP contribution in [0.3, 0.4) is 0 Å². The van der Waals surface area contributed by atoms with Gasteiger partial charge in [0.2, 0.25) is 0 Å². The molecule has 4 rings (SSSR count). The van der Waals surface area contributed by atoms with Gasteiger partial charge < -0.3 is 10.1 Å². The van der Waals surface area contributed by atoms with Crippen molar-refractivity contribution in [3.63, 3.8) is 0 Å². The van der Waals surface area contributed by atoms with E-state index in [1.807, 2.05) is 43.3 Å². The van der Waals surface area contributed by atoms with Gasteiger partial charge in [-0.25, -0.2) is 0 Å². The number of amides is 1. The summed E-state index contributed by atoms with van der Waals surface area (Å²) in [5.74, 6) is 0.0387. The number of rotatable bonds is 6. The number of carbonyl (C=O) groups is 1. The lowest BCUT2D eigenvalue weighted by Crippen LogP contribution is -2.13. The van der Waals surface area contributed by atoms with Crippen LogP contribution < -0.4 is 10.1 Å². The first-order chi connectivity index (χ1) is 16.4. The topological polar surface area (TPSA) is 62.1 Å². The van der Waals surface area contributed by atoms with Gasteiger partial charge in [0.25, 0.3) is 5.91 Å². The Morgan fingerprint density at radius 3 is 2.65 bits per heavy atom. The number of ether oxygens (including phenoxy) is 1. The average Bonchev–Trinajstić information content (AvgIpc) is 2.82. The average molecular weight is 467 g/mol. The van der Waals surface area contributed by atoms with Crippen LogP contribution in [0.1, 0.15) is 22.3 Å². The largest absolute Gasteiger partial charge is 0.488 e. The molecule has 0 aliphatic heterocycles. The zero-order valence-corrected chi connectivity index (χ0v) is 19.7. The first-order valence-corrected chi connectivity index (χ1v) is 11.2. The van der Waals surface area contributed by atoms with Crippen LogP contribution in [0.5, 0.6) is 5.75 Å². The highest BCUT2D eigenvalue weighted by molar-refractivity contribution is 6.30. The lowest BCUT2D eigenvalue weighted by molar-refractivity contribution is -0.112. The second-order valence-corrected chi connectivity index (χ2v) is 8.48. The van der Waals surface area contributed by atoms with Gasteiger partial charge in [0.05, 0.1) is 0 Å². The SMILES string of the molecule is Cc1cccc(NC(=O)/C(C#N)=C/c2cc(Cl)ccc2OCc2c(C)ccc3ccccc23)c1. The summed E-state index contributed by atoms with van der Waals surface area (Å²) < 4.78 is 6.18. The number of nitrogens with one attached hydrogen (secondary N) is 1. The van der Waals surface area contributed by atoms with E-state index in [0.29, 0.717) is 28.6 Å². The maximum atomic E-state index is 12.8. The molecule has 0 spiro atoms. The number of nitriles is 1. The molecule has 0 bridgehead atoms. The van der Waals surface area contributed by atoms with E-state index in [4.69, 9.17) is 16.3 Å². The fraction of sp³-hybridized carbons (Fsp3) is 0.103. The van der Waals surface area contributed by atoms with E-state index >= 15 is 0 Å². The van der Waals surface area contributed by atoms with Gasteiger partial charge in [-0.2, -0.15) is 5.26 Å². The highest BCUT2D eigenvalue weighted by Gasteiger charge is 2.13. The Balaban J connectivity index is 1.62. The molecule has 1 amide bonds. The molecule has 0 saturated carbocycles. The number of aryl methyl sites for hydroxylation is 2. The molecule has 4 aromatic carbocycles. The summed E-state index contributed by atoms with van der Waals surface area (Å²) in [4.78, 5) is 12.8. The van der Waals surface area contributed by atoms with E-state index < -0.39 is 5.91 Å². The number of halogens is 1. The van der Waals surface area contributed by atoms with Crippen LogP contribution in [-0.2, 0) is 11.4 Å². The van der Waals surface area contributed by atoms with Crippen LogP contribution in [0.4, 0.5) is 5.69 Å². The van der Waals surface area contributed by atoms with Gasteiger partial charge in [-0.15, -0.1) is 0 Å². The van der Waals surface area contributed by atoms with E-state index in [0.717, 1.165) is 27.5 Å². The number of hydrogen-bond acceptors (Lipinski definition) is 3. The zero-order valence-electron chi connectivity index (χ0n) is 18.9. The highest BCUT2D eigenvalue weighted by atomic mass is 35.5. The molecule has 5 heteroatoms. The van der Waals surface area contributed by atoms with Crippen molar-refractivity contribution in [3.05, 3.63) is 112 Å². The van der Waals surface area contributed by atoms with Crippen molar-refractivity contribution >= 4 is 40.0 Å². The predicted octanol–water partition coefficient (Wildman–Crippen LogP) is 7.23. The maximum absolute atomic E-state index is 12.8. The minimum absolute atomic E-state index is 0.0463. The molecule has 1 N–H and O–H groups in total. The molecule has 0 heterocycles. The third kappa shape index (κ3) is 5.28. The predicted molar refractivity (Wildman–Crippen MR) is 138 cm³/mol. The first-order valence-electron chi connectivity index (χ1n) is 10.8. The molecule has 0 aromatic heterocycles. The van der Waals surface area contributed by atoms with Crippen molar-refractivity contribution in [3.8, 4) is 11.8 Å². The van der Waals surface area contributed by atoms with Crippen LogP contribution in [0.15, 0.2) is 84.4 Å². The summed E-state index contributed by atoms with van der Waals surface area (Å²) in [6.45, 7) is 4.33. The molecule has 0 unspecified atom stereocenters. The van der Waals surface area contributed by atoms with Crippen molar-refractivity contribution in [1.29, 1.82) is 5.26 Å². The summed E-state index contributed by atoms with van der Waals surface area (Å²) in [5, 5.41) is 15.2. The molecule has 0 radical (unpaired) electrons. The van der Waals surface area contributed by atoms with Gasteiger partial charge in [0, 0.05) is 21.8 Å². The number of carbonyl (C=O) groups excluding carboxylic acids is 1. The Kier molecular flexibility index (Phi) is 6.96. The van der Waals surface area contributed by atoms with Gasteiger partial charge in [-0.1, -0.05) is 60.1 Å². The van der Waals surface area contributed by atoms with E-state index in [-0.39, 0.29) is 5.57 Å². The van der Waals surface area contributed by atoms with Crippen molar-refractivity contribution in [2.24, 2.45) is 0 Å². The molecular formula is C29H23ClN2O2. The van der Waals surface area contributed by atoms with Gasteiger partial charge in [-0.3, -0.25) is 4.79 Å². The van der Waals surface area contributed by atoms with Gasteiger partial charge in [-0.05, 0) is 72.2 Å². The van der Waals surface area contributed by atoms with Crippen LogP contribution in [0.2, 0.25) is 5.02 Å². The minimum atomic E-state index is -0.496. The highest BCUT2D eigenvalue weighted by Crippen LogP contribution is 2.29. The molecule has 0 atom stereocenters. The maximum Gasteiger partial charge on any atom is 0.266 e. The Bertz CT molecular complexity index is 1450. The lowest BCUT2D eigenvalue weighted by atomic mass is 10.0. The third-order valence-corrected chi connectivity index (χ3v) is 5.79. The monoisotopic (exact) mass is 466 g/mol. The van der Waals surface area contributed by atoms with Crippen LogP contribution >= 0.6 is 11.6 Å². The van der Waals surface area contributed by atoms with Crippen LogP contribution in [-0.4, -0.2) is 5.91 Å². The van der Waals surface area contributed by atoms with Crippen LogP contribution in [0, 0.1) is 25.2 Å². The van der Waals surface area contributed by atoms with E-state index in [2.05, 4.69) is 36.5 Å². The van der Waals surface area contributed by atoms with Crippen molar-refractivity contribution < 1.29 is 9.53 Å². The molecule has 0 saturated heterocycles. The second-order valence-electron chi connectivity index (χ2n) is 8.05. The number of hydrogen-bond donors (Lipinski definition) is 1. The Hall–Kier alpha value is -4.07. The van der Waals surface area contributed by atoms with Gasteiger partial charge in [0.15, 0.2) is 0 Å². The molecule has 4 aromatic rings. The normalized spacial score (nSPS) is 11.2. The summed E-state index contributed by atoms with van der Waals surface area (Å²) in [6, 6.07) is 26.9. The molecule has 4 nitrogen and oxygen atoms in total. The summed E-state index contributed by atoms with van der Waals surface area (Å²) in [6.07, 6.45) is 1.50. The zero-order chi connectivity index (χ0) is 24.1. The molecule has 0 fully saturated rings. The Morgan fingerprint density at radius 2 is 1.85 bits per heavy atom. The number of fused-ring (bicyclic) bond motifs is 1. The smallest absolute Gasteiger partial charge is 0.266 e. The van der Waals surface area contributed by atoms with Crippen molar-refractivity contribution in [2.45, 2.75) is 20.5 Å². The van der Waals surface area contributed by atoms with Crippen molar-refractivity contribution in [2.75, 3.05) is 5.32 Å². The van der Waals surface area contributed by atoms with E-state index in [9.17, 15) is 10.1 Å². The molecule has 0 aliphatic rings. The third-order valence-electron chi connectivity index (χ3n) is 5.56. The van der Waals surface area contributed by atoms with Crippen molar-refractivity contribution in [1.82, 2.24) is 0 Å². The Labute approximate surface area is 204 Å². The number of nitrogens with zero attached hydrogens (tertiary/aromatic N) is 1. The van der Waals surface area contributed by atoms with Gasteiger partial charge in [0.1, 0.15) is 24.0 Å². The van der Waals surface area contributed by atoms with Gasteiger partial charge >= 0.3 is 0 Å². The minimum Gasteiger partial charge on any atom is -0.488 e. The number of anilines is 1. The molecule has 0 aliphatic carbocycles. The lowest BCUT2D eigenvalue weighted by Gasteiger charge is -2.14. The second kappa shape index (κ2) is 10.2. The molecule has 168 valence electrons. The van der Waals surface area contributed by atoms with Crippen LogP contribution in [0.25, 0.3) is 16.8 Å². The molecule has 34 heavy (non-hydrogen) atoms. The summed E-state index contributed by atoms with van der Waals surface area (Å²) >= 11 is 6.22. The van der Waals surface area contributed by atoms with E-state index in [1.54, 1.807) is 24.3 Å². The summed E-state index contributed by atoms with van der Waals surface area (Å²) in [5.41, 5.74) is 4.35. The quantitative estimate of drug-likeness (QED) is 0.241. The fourth-order valence-corrected chi connectivity index (χ4v) is 3.96. The standard InChI is InChI=1S/C29H23ClN2O2/c1-19-6-5-8-25(14-19)32-29(33)23(17-31)15-22-16-24(30)12-13-28(22)34-18-27-20(2)10-11-21-7-3-4-9-26(21)27/h3-16H,18H2,1-2H3,(H,32,33)/b23-15+. The fourth-order valence-electron chi connectivity index (χ4n) is 3.78. The summed E-state index contributed by atoms with van der Waals surface area (Å²) in [7, 11) is 0. The van der Waals surface area contributed by atoms with E-state index in [1.165, 1.54) is 6.08 Å². The Morgan fingerprint density at radius 1 is 1.03 bits per heavy atom. The first kappa shape index (κ1) is 23.1. The molecular weight excluding hydrogens is 444 g/mol. The number of benzene rings is 4.